The smallest absolute Gasteiger partial charge is 0.253 e. The van der Waals surface area contributed by atoms with Gasteiger partial charge in [0.05, 0.1) is 22.6 Å². The number of amides is 5. The predicted molar refractivity (Wildman–Crippen MR) is 278 cm³/mol. The van der Waals surface area contributed by atoms with E-state index in [0.717, 1.165) is 66.0 Å². The number of nitrogens with zero attached hydrogens (tertiary/aromatic N) is 6. The van der Waals surface area contributed by atoms with Gasteiger partial charge in [0.15, 0.2) is 5.13 Å². The SMILES string of the molecule is Cc1cc(-c2ccc(N3CCN(CC(=O)NC(C(=O)N4CCCC4C(=O)NCC4C=CC(c5scnc5C)=CC4)C(C)(C)C)CC3)cc2)ccc1CN(C=O)C(C(=O)Nc1nccs1)c1ccccc1. The van der Waals surface area contributed by atoms with Crippen molar-refractivity contribution in [2.45, 2.75) is 78.6 Å². The second-order valence-electron chi connectivity index (χ2n) is 19.5. The van der Waals surface area contributed by atoms with Crippen LogP contribution in [0.25, 0.3) is 16.7 Å². The second kappa shape index (κ2) is 22.5. The van der Waals surface area contributed by atoms with Gasteiger partial charge in [0.2, 0.25) is 24.1 Å². The molecule has 366 valence electrons. The van der Waals surface area contributed by atoms with E-state index in [2.05, 4.69) is 84.3 Å². The molecule has 2 aromatic heterocycles. The molecular weight excluding hydrogens is 919 g/mol. The van der Waals surface area contributed by atoms with Gasteiger partial charge in [-0.2, -0.15) is 0 Å². The zero-order chi connectivity index (χ0) is 49.4. The minimum absolute atomic E-state index is 0.145. The Hall–Kier alpha value is -6.49. The van der Waals surface area contributed by atoms with Crippen LogP contribution in [0.4, 0.5) is 10.8 Å². The monoisotopic (exact) mass is 981 g/mol. The molecular formula is C54H63N9O5S2. The number of nitrogens with one attached hydrogen (secondary N) is 3. The molecule has 5 amide bonds. The van der Waals surface area contributed by atoms with Gasteiger partial charge in [-0.1, -0.05) is 99.7 Å². The van der Waals surface area contributed by atoms with Crippen LogP contribution in [-0.2, 0) is 30.5 Å². The molecule has 8 rings (SSSR count). The highest BCUT2D eigenvalue weighted by atomic mass is 32.1. The summed E-state index contributed by atoms with van der Waals surface area (Å²) in [4.78, 5) is 84.9. The number of piperazine rings is 1. The largest absolute Gasteiger partial charge is 0.369 e. The summed E-state index contributed by atoms with van der Waals surface area (Å²) < 4.78 is 0. The Morgan fingerprint density at radius 1 is 0.914 bits per heavy atom. The highest BCUT2D eigenvalue weighted by molar-refractivity contribution is 7.13. The molecule has 0 spiro atoms. The van der Waals surface area contributed by atoms with E-state index >= 15 is 0 Å². The van der Waals surface area contributed by atoms with Crippen molar-refractivity contribution in [3.05, 3.63) is 135 Å². The quantitative estimate of drug-likeness (QED) is 0.0797. The summed E-state index contributed by atoms with van der Waals surface area (Å²) in [6, 6.07) is 21.7. The maximum absolute atomic E-state index is 14.2. The van der Waals surface area contributed by atoms with Gasteiger partial charge < -0.3 is 25.3 Å². The third kappa shape index (κ3) is 12.1. The summed E-state index contributed by atoms with van der Waals surface area (Å²) in [6.45, 7) is 14.1. The molecule has 2 saturated heterocycles. The average Bonchev–Trinajstić information content (AvgIpc) is 4.17. The third-order valence-corrected chi connectivity index (χ3v) is 15.2. The van der Waals surface area contributed by atoms with Crippen molar-refractivity contribution < 1.29 is 24.0 Å². The molecule has 3 N–H and O–H groups in total. The standard InChI is InChI=1S/C54H63N9O5S2/c1-36-30-42(17-18-43(36)32-62(35-64)47(40-10-7-6-8-11-40)51(67)59-53-55-23-29-69-53)39-19-21-44(22-20-39)61-27-25-60(26-28-61)33-46(65)58-49(54(3,4)5)52(68)63-24-9-12-45(63)50(66)56-31-38-13-15-41(16-14-38)48-37(2)57-34-70-48/h6-8,10-11,13,15-23,29-30,34-35,38,45,47,49H,9,12,14,24-28,31-33H2,1-5H3,(H,56,66)(H,58,65)(H,55,59,67). The van der Waals surface area contributed by atoms with Crippen LogP contribution in [-0.4, -0.2) is 113 Å². The molecule has 4 heterocycles. The Bertz CT molecular complexity index is 2690. The van der Waals surface area contributed by atoms with E-state index in [-0.39, 0.29) is 42.6 Å². The first-order valence-electron chi connectivity index (χ1n) is 24.1. The topological polar surface area (TPSA) is 160 Å². The molecule has 0 saturated carbocycles. The van der Waals surface area contributed by atoms with Gasteiger partial charge in [0, 0.05) is 63.1 Å². The van der Waals surface area contributed by atoms with Gasteiger partial charge >= 0.3 is 0 Å². The fourth-order valence-corrected chi connectivity index (χ4v) is 10.9. The molecule has 14 nitrogen and oxygen atoms in total. The summed E-state index contributed by atoms with van der Waals surface area (Å²) >= 11 is 2.95. The predicted octanol–water partition coefficient (Wildman–Crippen LogP) is 7.64. The number of carbonyl (C=O) groups is 5. The van der Waals surface area contributed by atoms with E-state index in [4.69, 9.17) is 0 Å². The van der Waals surface area contributed by atoms with Crippen molar-refractivity contribution >= 4 is 69.1 Å². The Balaban J connectivity index is 0.813. The fraction of sp³-hybridized carbons (Fsp3) is 0.389. The molecule has 1 aliphatic carbocycles. The highest BCUT2D eigenvalue weighted by Crippen LogP contribution is 2.32. The molecule has 4 atom stereocenters. The number of aromatic nitrogens is 2. The fourth-order valence-electron chi connectivity index (χ4n) is 9.50. The van der Waals surface area contributed by atoms with Crippen LogP contribution < -0.4 is 20.9 Å². The average molecular weight is 982 g/mol. The Morgan fingerprint density at radius 2 is 1.67 bits per heavy atom. The summed E-state index contributed by atoms with van der Waals surface area (Å²) in [6.07, 6.45) is 11.0. The number of hydrogen-bond donors (Lipinski definition) is 3. The van der Waals surface area contributed by atoms with Gasteiger partial charge in [-0.05, 0) is 90.0 Å². The van der Waals surface area contributed by atoms with E-state index in [9.17, 15) is 24.0 Å². The Labute approximate surface area is 418 Å². The van der Waals surface area contributed by atoms with Crippen molar-refractivity contribution in [2.75, 3.05) is 56.0 Å². The summed E-state index contributed by atoms with van der Waals surface area (Å²) in [5, 5.41) is 11.3. The van der Waals surface area contributed by atoms with E-state index in [1.54, 1.807) is 27.8 Å². The third-order valence-electron chi connectivity index (χ3n) is 13.5. The lowest BCUT2D eigenvalue weighted by atomic mass is 9.85. The molecule has 3 aliphatic rings. The normalized spacial score (nSPS) is 18.2. The molecule has 0 bridgehead atoms. The lowest BCUT2D eigenvalue weighted by Crippen LogP contribution is -2.59. The number of rotatable bonds is 17. The van der Waals surface area contributed by atoms with E-state index in [1.165, 1.54) is 26.7 Å². The Kier molecular flexibility index (Phi) is 16.0. The Morgan fingerprint density at radius 3 is 2.31 bits per heavy atom. The molecule has 5 aromatic rings. The van der Waals surface area contributed by atoms with Gasteiger partial charge in [0.25, 0.3) is 5.91 Å². The van der Waals surface area contributed by atoms with Crippen LogP contribution in [0.2, 0.25) is 0 Å². The van der Waals surface area contributed by atoms with Crippen LogP contribution >= 0.6 is 22.7 Å². The minimum atomic E-state index is -0.844. The van der Waals surface area contributed by atoms with Gasteiger partial charge in [-0.3, -0.25) is 34.2 Å². The van der Waals surface area contributed by atoms with Crippen LogP contribution in [0.15, 0.2) is 108 Å². The molecule has 3 aromatic carbocycles. The number of likely N-dealkylation sites (tertiary alicyclic amines) is 1. The summed E-state index contributed by atoms with van der Waals surface area (Å²) in [5.41, 5.74) is 9.31. The van der Waals surface area contributed by atoms with Gasteiger partial charge in [0.1, 0.15) is 18.1 Å². The minimum Gasteiger partial charge on any atom is -0.369 e. The van der Waals surface area contributed by atoms with Crippen molar-refractivity contribution in [1.29, 1.82) is 0 Å². The zero-order valence-electron chi connectivity index (χ0n) is 40.6. The molecule has 4 unspecified atom stereocenters. The van der Waals surface area contributed by atoms with E-state index < -0.39 is 23.5 Å². The molecule has 2 fully saturated rings. The lowest BCUT2D eigenvalue weighted by molar-refractivity contribution is -0.144. The molecule has 16 heteroatoms. The van der Waals surface area contributed by atoms with Crippen molar-refractivity contribution in [2.24, 2.45) is 11.3 Å². The number of carbonyl (C=O) groups excluding carboxylic acids is 5. The van der Waals surface area contributed by atoms with Crippen molar-refractivity contribution in [1.82, 2.24) is 35.3 Å². The number of aryl methyl sites for hydroxylation is 2. The number of allylic oxidation sites excluding steroid dienone is 3. The number of anilines is 2. The maximum Gasteiger partial charge on any atom is 0.253 e. The molecule has 2 aliphatic heterocycles. The van der Waals surface area contributed by atoms with E-state index in [1.807, 2.05) is 82.6 Å². The number of thiazole rings is 2. The van der Waals surface area contributed by atoms with E-state index in [0.29, 0.717) is 43.3 Å². The first-order valence-corrected chi connectivity index (χ1v) is 25.8. The summed E-state index contributed by atoms with van der Waals surface area (Å²) in [5.74, 6) is -0.723. The molecule has 0 radical (unpaired) electrons. The summed E-state index contributed by atoms with van der Waals surface area (Å²) in [7, 11) is 0. The van der Waals surface area contributed by atoms with Crippen molar-refractivity contribution in [3.8, 4) is 11.1 Å². The molecule has 70 heavy (non-hydrogen) atoms. The van der Waals surface area contributed by atoms with Crippen LogP contribution in [0.3, 0.4) is 0 Å². The van der Waals surface area contributed by atoms with Crippen molar-refractivity contribution in [3.63, 3.8) is 0 Å². The van der Waals surface area contributed by atoms with Gasteiger partial charge in [-0.25, -0.2) is 9.97 Å². The van der Waals surface area contributed by atoms with Crippen LogP contribution in [0.5, 0.6) is 0 Å². The zero-order valence-corrected chi connectivity index (χ0v) is 42.2. The second-order valence-corrected chi connectivity index (χ2v) is 21.2. The first-order chi connectivity index (χ1) is 33.7. The van der Waals surface area contributed by atoms with Crippen LogP contribution in [0, 0.1) is 25.2 Å². The van der Waals surface area contributed by atoms with Crippen LogP contribution in [0.1, 0.15) is 73.3 Å². The highest BCUT2D eigenvalue weighted by Gasteiger charge is 2.42. The van der Waals surface area contributed by atoms with Gasteiger partial charge in [-0.15, -0.1) is 22.7 Å². The maximum atomic E-state index is 14.2. The number of hydrogen-bond acceptors (Lipinski definition) is 11. The lowest BCUT2D eigenvalue weighted by Gasteiger charge is -2.37. The number of benzene rings is 3. The first kappa shape index (κ1) is 49.9.